The Morgan fingerprint density at radius 1 is 1.04 bits per heavy atom. The molecule has 0 aliphatic carbocycles. The monoisotopic (exact) mass is 361 g/mol. The summed E-state index contributed by atoms with van der Waals surface area (Å²) in [6.45, 7) is -0.0466. The molecule has 0 amide bonds. The molecule has 27 heavy (non-hydrogen) atoms. The molecule has 0 radical (unpaired) electrons. The summed E-state index contributed by atoms with van der Waals surface area (Å²) in [6, 6.07) is 16.1. The molecule has 5 heteroatoms. The van der Waals surface area contributed by atoms with E-state index in [2.05, 4.69) is 4.98 Å². The van der Waals surface area contributed by atoms with Crippen LogP contribution in [0.3, 0.4) is 0 Å². The minimum atomic E-state index is -0.445. The van der Waals surface area contributed by atoms with Gasteiger partial charge in [-0.15, -0.1) is 0 Å². The maximum absolute atomic E-state index is 12.0. The average molecular weight is 361 g/mol. The van der Waals surface area contributed by atoms with E-state index < -0.39 is 5.97 Å². The Bertz CT molecular complexity index is 912. The highest BCUT2D eigenvalue weighted by atomic mass is 16.5. The second-order valence-electron chi connectivity index (χ2n) is 5.81. The van der Waals surface area contributed by atoms with Crippen LogP contribution in [0.5, 0.6) is 11.5 Å². The maximum atomic E-state index is 12.0. The van der Waals surface area contributed by atoms with Crippen molar-refractivity contribution in [3.63, 3.8) is 0 Å². The van der Waals surface area contributed by atoms with Gasteiger partial charge in [-0.2, -0.15) is 0 Å². The smallest absolute Gasteiger partial charge is 0.345 e. The number of hydrogen-bond acceptors (Lipinski definition) is 5. The summed E-state index contributed by atoms with van der Waals surface area (Å²) < 4.78 is 10.6. The highest BCUT2D eigenvalue weighted by Gasteiger charge is 2.07. The van der Waals surface area contributed by atoms with Gasteiger partial charge in [-0.05, 0) is 59.2 Å². The summed E-state index contributed by atoms with van der Waals surface area (Å²) in [7, 11) is 1.59. The van der Waals surface area contributed by atoms with Gasteiger partial charge in [-0.1, -0.05) is 24.3 Å². The number of rotatable bonds is 6. The van der Waals surface area contributed by atoms with Gasteiger partial charge in [0.25, 0.3) is 0 Å². The highest BCUT2D eigenvalue weighted by molar-refractivity contribution is 5.90. The van der Waals surface area contributed by atoms with Crippen LogP contribution < -0.4 is 9.47 Å². The summed E-state index contributed by atoms with van der Waals surface area (Å²) >= 11 is 0. The molecule has 1 N–H and O–H groups in total. The minimum Gasteiger partial charge on any atom is -0.497 e. The molecule has 1 aromatic heterocycles. The molecule has 0 unspecified atom stereocenters. The van der Waals surface area contributed by atoms with E-state index in [9.17, 15) is 9.90 Å². The molecule has 1 heterocycles. The molecule has 136 valence electrons. The summed E-state index contributed by atoms with van der Waals surface area (Å²) in [5.74, 6) is 0.711. The number of esters is 1. The quantitative estimate of drug-likeness (QED) is 0.409. The van der Waals surface area contributed by atoms with Crippen molar-refractivity contribution in [2.24, 2.45) is 0 Å². The van der Waals surface area contributed by atoms with Gasteiger partial charge >= 0.3 is 5.97 Å². The zero-order chi connectivity index (χ0) is 19.1. The van der Waals surface area contributed by atoms with Crippen molar-refractivity contribution >= 4 is 18.1 Å². The summed E-state index contributed by atoms with van der Waals surface area (Å²) in [5, 5.41) is 9.33. The molecule has 2 aromatic carbocycles. The third kappa shape index (κ3) is 5.03. The number of ether oxygens (including phenoxy) is 2. The van der Waals surface area contributed by atoms with Crippen molar-refractivity contribution in [2.75, 3.05) is 7.11 Å². The van der Waals surface area contributed by atoms with Crippen molar-refractivity contribution in [1.29, 1.82) is 0 Å². The second kappa shape index (κ2) is 8.78. The number of carbonyl (C=O) groups is 1. The van der Waals surface area contributed by atoms with Gasteiger partial charge in [-0.25, -0.2) is 4.79 Å². The lowest BCUT2D eigenvalue weighted by molar-refractivity contribution is 0.0734. The number of nitrogens with zero attached hydrogens (tertiary/aromatic N) is 1. The van der Waals surface area contributed by atoms with Crippen molar-refractivity contribution < 1.29 is 19.4 Å². The van der Waals surface area contributed by atoms with Crippen LogP contribution in [-0.2, 0) is 6.61 Å². The van der Waals surface area contributed by atoms with E-state index in [-0.39, 0.29) is 6.61 Å². The first-order chi connectivity index (χ1) is 13.2. The summed E-state index contributed by atoms with van der Waals surface area (Å²) in [6.07, 6.45) is 6.93. The maximum Gasteiger partial charge on any atom is 0.345 e. The molecule has 0 aliphatic rings. The Morgan fingerprint density at radius 2 is 1.81 bits per heavy atom. The van der Waals surface area contributed by atoms with Gasteiger partial charge in [0, 0.05) is 12.4 Å². The molecular weight excluding hydrogens is 342 g/mol. The second-order valence-corrected chi connectivity index (χ2v) is 5.81. The molecule has 0 spiro atoms. The van der Waals surface area contributed by atoms with Crippen LogP contribution >= 0.6 is 0 Å². The van der Waals surface area contributed by atoms with E-state index in [4.69, 9.17) is 9.47 Å². The summed E-state index contributed by atoms with van der Waals surface area (Å²) in [4.78, 5) is 15.9. The van der Waals surface area contributed by atoms with E-state index in [1.807, 2.05) is 36.4 Å². The highest BCUT2D eigenvalue weighted by Crippen LogP contribution is 2.20. The van der Waals surface area contributed by atoms with Crippen LogP contribution in [0.25, 0.3) is 12.2 Å². The molecule has 0 aliphatic heterocycles. The van der Waals surface area contributed by atoms with Gasteiger partial charge in [-0.3, -0.25) is 4.98 Å². The minimum absolute atomic E-state index is 0.0466. The van der Waals surface area contributed by atoms with Crippen LogP contribution in [0.2, 0.25) is 0 Å². The number of methoxy groups -OCH3 is 1. The zero-order valence-corrected chi connectivity index (χ0v) is 14.8. The Balaban J connectivity index is 1.69. The Labute approximate surface area is 157 Å². The molecule has 5 nitrogen and oxygen atoms in total. The standard InChI is InChI=1S/C22H19NO4/c1-26-21-12-17(11-18(13-21)15-24)5-4-16-6-8-20(9-7-16)27-22(25)19-3-2-10-23-14-19/h2-14,24H,15H2,1H3/b5-4+. The van der Waals surface area contributed by atoms with Crippen LogP contribution in [0.15, 0.2) is 67.0 Å². The van der Waals surface area contributed by atoms with E-state index in [0.29, 0.717) is 17.1 Å². The third-order valence-corrected chi connectivity index (χ3v) is 3.86. The number of carbonyl (C=O) groups excluding carboxylic acids is 1. The molecule has 0 atom stereocenters. The van der Waals surface area contributed by atoms with Crippen molar-refractivity contribution in [2.45, 2.75) is 6.61 Å². The molecule has 0 saturated carbocycles. The van der Waals surface area contributed by atoms with Gasteiger partial charge < -0.3 is 14.6 Å². The Hall–Kier alpha value is -3.44. The largest absolute Gasteiger partial charge is 0.497 e. The number of hydrogen-bond donors (Lipinski definition) is 1. The molecule has 0 saturated heterocycles. The number of benzene rings is 2. The van der Waals surface area contributed by atoms with E-state index >= 15 is 0 Å². The first-order valence-corrected chi connectivity index (χ1v) is 8.37. The van der Waals surface area contributed by atoms with Crippen molar-refractivity contribution in [3.05, 3.63) is 89.2 Å². The van der Waals surface area contributed by atoms with Gasteiger partial charge in [0.05, 0.1) is 19.3 Å². The van der Waals surface area contributed by atoms with Gasteiger partial charge in [0.2, 0.25) is 0 Å². The van der Waals surface area contributed by atoms with Crippen LogP contribution in [0.4, 0.5) is 0 Å². The molecule has 3 rings (SSSR count). The first kappa shape index (κ1) is 18.4. The fourth-order valence-electron chi connectivity index (χ4n) is 2.48. The molecule has 0 fully saturated rings. The Kier molecular flexibility index (Phi) is 5.97. The lowest BCUT2D eigenvalue weighted by Crippen LogP contribution is -2.08. The molecular formula is C22H19NO4. The number of aliphatic hydroxyl groups is 1. The number of aliphatic hydroxyl groups excluding tert-OH is 1. The predicted molar refractivity (Wildman–Crippen MR) is 103 cm³/mol. The van der Waals surface area contributed by atoms with Crippen LogP contribution in [0.1, 0.15) is 27.0 Å². The van der Waals surface area contributed by atoms with Crippen LogP contribution in [0, 0.1) is 0 Å². The molecule has 3 aromatic rings. The third-order valence-electron chi connectivity index (χ3n) is 3.86. The first-order valence-electron chi connectivity index (χ1n) is 8.37. The molecule has 0 bridgehead atoms. The van der Waals surface area contributed by atoms with Crippen molar-refractivity contribution in [3.8, 4) is 11.5 Å². The fourth-order valence-corrected chi connectivity index (χ4v) is 2.48. The van der Waals surface area contributed by atoms with E-state index in [1.54, 1.807) is 43.6 Å². The lowest BCUT2D eigenvalue weighted by atomic mass is 10.1. The van der Waals surface area contributed by atoms with Gasteiger partial charge in [0.1, 0.15) is 11.5 Å². The summed E-state index contributed by atoms with van der Waals surface area (Å²) in [5.41, 5.74) is 3.06. The normalized spacial score (nSPS) is 10.7. The van der Waals surface area contributed by atoms with E-state index in [0.717, 1.165) is 16.7 Å². The zero-order valence-electron chi connectivity index (χ0n) is 14.8. The van der Waals surface area contributed by atoms with Gasteiger partial charge in [0.15, 0.2) is 0 Å². The van der Waals surface area contributed by atoms with Crippen LogP contribution in [-0.4, -0.2) is 23.2 Å². The number of aromatic nitrogens is 1. The SMILES string of the molecule is COc1cc(/C=C/c2ccc(OC(=O)c3cccnc3)cc2)cc(CO)c1. The lowest BCUT2D eigenvalue weighted by Gasteiger charge is -2.05. The average Bonchev–Trinajstić information content (AvgIpc) is 2.73. The predicted octanol–water partition coefficient (Wildman–Crippen LogP) is 3.97. The fraction of sp³-hybridized carbons (Fsp3) is 0.0909. The topological polar surface area (TPSA) is 68.7 Å². The van der Waals surface area contributed by atoms with Crippen molar-refractivity contribution in [1.82, 2.24) is 4.98 Å². The van der Waals surface area contributed by atoms with E-state index in [1.165, 1.54) is 6.20 Å². The Morgan fingerprint density at radius 3 is 2.48 bits per heavy atom. The number of pyridine rings is 1.